The van der Waals surface area contributed by atoms with Gasteiger partial charge in [0.05, 0.1) is 18.3 Å². The predicted octanol–water partition coefficient (Wildman–Crippen LogP) is 5.36. The van der Waals surface area contributed by atoms with Crippen LogP contribution in [-0.2, 0) is 9.53 Å². The smallest absolute Gasteiger partial charge is 0.343 e. The second kappa shape index (κ2) is 11.6. The van der Waals surface area contributed by atoms with E-state index in [2.05, 4.69) is 23.8 Å². The van der Waals surface area contributed by atoms with E-state index in [-0.39, 0.29) is 12.1 Å². The standard InChI is InChI=1S/C24H32N2O4/c1-3-5-6-7-8-11-17-28-21-15-16-25-23(26-21)18-13-9-10-14-19(18)30-24(27)22-20(29-22)12-4-2/h9-10,13-16,20,22H,3-8,11-12,17H2,1-2H3/t20-,22-/m1/s1. The van der Waals surface area contributed by atoms with Crippen molar-refractivity contribution in [3.05, 3.63) is 36.5 Å². The molecule has 2 aromatic rings. The van der Waals surface area contributed by atoms with Crippen molar-refractivity contribution in [3.8, 4) is 23.0 Å². The maximum absolute atomic E-state index is 12.4. The summed E-state index contributed by atoms with van der Waals surface area (Å²) in [6, 6.07) is 9.03. The number of epoxide rings is 1. The quantitative estimate of drug-likeness (QED) is 0.191. The molecule has 1 aromatic carbocycles. The summed E-state index contributed by atoms with van der Waals surface area (Å²) in [7, 11) is 0. The van der Waals surface area contributed by atoms with Gasteiger partial charge in [0.25, 0.3) is 0 Å². The molecule has 6 heteroatoms. The van der Waals surface area contributed by atoms with Gasteiger partial charge in [-0.15, -0.1) is 0 Å². The van der Waals surface area contributed by atoms with E-state index in [0.29, 0.717) is 29.6 Å². The molecule has 2 heterocycles. The Balaban J connectivity index is 1.57. The third-order valence-electron chi connectivity index (χ3n) is 5.10. The van der Waals surface area contributed by atoms with Crippen molar-refractivity contribution in [2.75, 3.05) is 6.61 Å². The Kier molecular flexibility index (Phi) is 8.63. The molecule has 6 nitrogen and oxygen atoms in total. The first-order valence-corrected chi connectivity index (χ1v) is 11.1. The minimum Gasteiger partial charge on any atom is -0.478 e. The van der Waals surface area contributed by atoms with Gasteiger partial charge in [-0.3, -0.25) is 0 Å². The third-order valence-corrected chi connectivity index (χ3v) is 5.10. The maximum atomic E-state index is 12.4. The van der Waals surface area contributed by atoms with Crippen molar-refractivity contribution in [3.63, 3.8) is 0 Å². The molecule has 0 N–H and O–H groups in total. The lowest BCUT2D eigenvalue weighted by Crippen LogP contribution is -2.17. The van der Waals surface area contributed by atoms with E-state index in [1.54, 1.807) is 18.3 Å². The number of hydrogen-bond acceptors (Lipinski definition) is 6. The average Bonchev–Trinajstić information content (AvgIpc) is 3.53. The average molecular weight is 413 g/mol. The van der Waals surface area contributed by atoms with Crippen LogP contribution in [0.3, 0.4) is 0 Å². The van der Waals surface area contributed by atoms with E-state index in [0.717, 1.165) is 19.3 Å². The second-order valence-electron chi connectivity index (χ2n) is 7.64. The van der Waals surface area contributed by atoms with Crippen LogP contribution in [0.2, 0.25) is 0 Å². The molecular weight excluding hydrogens is 380 g/mol. The zero-order chi connectivity index (χ0) is 21.2. The molecule has 30 heavy (non-hydrogen) atoms. The molecule has 0 saturated carbocycles. The van der Waals surface area contributed by atoms with Gasteiger partial charge in [0, 0.05) is 12.3 Å². The second-order valence-corrected chi connectivity index (χ2v) is 7.64. The van der Waals surface area contributed by atoms with Crippen LogP contribution in [0.5, 0.6) is 11.6 Å². The fourth-order valence-corrected chi connectivity index (χ4v) is 3.37. The minimum absolute atomic E-state index is 0.0235. The largest absolute Gasteiger partial charge is 0.478 e. The molecule has 1 aromatic heterocycles. The highest BCUT2D eigenvalue weighted by atomic mass is 16.6. The summed E-state index contributed by atoms with van der Waals surface area (Å²) < 4.78 is 16.8. The number of nitrogens with zero attached hydrogens (tertiary/aromatic N) is 2. The SMILES string of the molecule is CCCCCCCCOc1ccnc(-c2ccccc2OC(=O)[C@@H]2O[C@@H]2CCC)n1. The van der Waals surface area contributed by atoms with Gasteiger partial charge in [-0.05, 0) is 25.0 Å². The van der Waals surface area contributed by atoms with Crippen molar-refractivity contribution in [1.29, 1.82) is 0 Å². The van der Waals surface area contributed by atoms with Gasteiger partial charge in [-0.25, -0.2) is 9.78 Å². The van der Waals surface area contributed by atoms with Gasteiger partial charge in [-0.2, -0.15) is 4.98 Å². The number of esters is 1. The fourth-order valence-electron chi connectivity index (χ4n) is 3.37. The van der Waals surface area contributed by atoms with Crippen LogP contribution in [0.1, 0.15) is 65.2 Å². The molecule has 0 bridgehead atoms. The van der Waals surface area contributed by atoms with Gasteiger partial charge < -0.3 is 14.2 Å². The van der Waals surface area contributed by atoms with Crippen LogP contribution in [0.4, 0.5) is 0 Å². The summed E-state index contributed by atoms with van der Waals surface area (Å²) in [6.07, 6.45) is 10.3. The van der Waals surface area contributed by atoms with Crippen LogP contribution in [-0.4, -0.2) is 34.8 Å². The zero-order valence-corrected chi connectivity index (χ0v) is 18.0. The lowest BCUT2D eigenvalue weighted by Gasteiger charge is -2.10. The summed E-state index contributed by atoms with van der Waals surface area (Å²) in [5, 5.41) is 0. The van der Waals surface area contributed by atoms with Crippen LogP contribution in [0.25, 0.3) is 11.4 Å². The van der Waals surface area contributed by atoms with E-state index in [4.69, 9.17) is 14.2 Å². The Bertz CT molecular complexity index is 811. The number of aromatic nitrogens is 2. The summed E-state index contributed by atoms with van der Waals surface area (Å²) in [6.45, 7) is 4.92. The summed E-state index contributed by atoms with van der Waals surface area (Å²) in [5.74, 6) is 1.07. The first-order valence-electron chi connectivity index (χ1n) is 11.1. The Morgan fingerprint density at radius 2 is 1.83 bits per heavy atom. The molecule has 0 aliphatic carbocycles. The molecule has 1 saturated heterocycles. The molecule has 1 aliphatic heterocycles. The first kappa shape index (κ1) is 22.2. The van der Waals surface area contributed by atoms with Crippen molar-refractivity contribution in [2.24, 2.45) is 0 Å². The van der Waals surface area contributed by atoms with Crippen LogP contribution >= 0.6 is 0 Å². The normalized spacial score (nSPS) is 17.5. The van der Waals surface area contributed by atoms with E-state index in [9.17, 15) is 4.79 Å². The lowest BCUT2D eigenvalue weighted by atomic mass is 10.1. The van der Waals surface area contributed by atoms with Gasteiger partial charge >= 0.3 is 5.97 Å². The highest BCUT2D eigenvalue weighted by molar-refractivity contribution is 5.82. The molecule has 0 radical (unpaired) electrons. The van der Waals surface area contributed by atoms with E-state index < -0.39 is 6.10 Å². The maximum Gasteiger partial charge on any atom is 0.343 e. The Labute approximate surface area is 179 Å². The molecule has 0 amide bonds. The van der Waals surface area contributed by atoms with E-state index in [1.807, 2.05) is 18.2 Å². The van der Waals surface area contributed by atoms with Gasteiger partial charge in [0.1, 0.15) is 5.75 Å². The highest BCUT2D eigenvalue weighted by Crippen LogP contribution is 2.32. The van der Waals surface area contributed by atoms with E-state index >= 15 is 0 Å². The van der Waals surface area contributed by atoms with Crippen molar-refractivity contribution in [2.45, 2.75) is 77.4 Å². The number of ether oxygens (including phenoxy) is 3. The predicted molar refractivity (Wildman–Crippen MR) is 116 cm³/mol. The minimum atomic E-state index is -0.467. The molecule has 0 spiro atoms. The van der Waals surface area contributed by atoms with Crippen LogP contribution < -0.4 is 9.47 Å². The molecule has 0 unspecified atom stereocenters. The number of benzene rings is 1. The number of carbonyl (C=O) groups excluding carboxylic acids is 1. The molecule has 1 fully saturated rings. The van der Waals surface area contributed by atoms with Gasteiger partial charge in [0.15, 0.2) is 11.9 Å². The third kappa shape index (κ3) is 6.52. The fraction of sp³-hybridized carbons (Fsp3) is 0.542. The van der Waals surface area contributed by atoms with Crippen molar-refractivity contribution >= 4 is 5.97 Å². The summed E-state index contributed by atoms with van der Waals surface area (Å²) in [5.41, 5.74) is 0.656. The molecule has 1 aliphatic rings. The van der Waals surface area contributed by atoms with Crippen molar-refractivity contribution < 1.29 is 19.0 Å². The molecule has 3 rings (SSSR count). The molecule has 2 atom stereocenters. The van der Waals surface area contributed by atoms with E-state index in [1.165, 1.54) is 32.1 Å². The Morgan fingerprint density at radius 1 is 1.03 bits per heavy atom. The lowest BCUT2D eigenvalue weighted by molar-refractivity contribution is -0.135. The van der Waals surface area contributed by atoms with Crippen molar-refractivity contribution in [1.82, 2.24) is 9.97 Å². The topological polar surface area (TPSA) is 73.8 Å². The number of unbranched alkanes of at least 4 members (excludes halogenated alkanes) is 5. The monoisotopic (exact) mass is 412 g/mol. The van der Waals surface area contributed by atoms with Gasteiger partial charge in [0.2, 0.25) is 5.88 Å². The molecule has 162 valence electrons. The summed E-state index contributed by atoms with van der Waals surface area (Å²) >= 11 is 0. The number of hydrogen-bond donors (Lipinski definition) is 0. The highest BCUT2D eigenvalue weighted by Gasteiger charge is 2.45. The number of para-hydroxylation sites is 1. The number of carbonyl (C=O) groups is 1. The first-order chi connectivity index (χ1) is 14.7. The zero-order valence-electron chi connectivity index (χ0n) is 18.0. The Morgan fingerprint density at radius 3 is 2.67 bits per heavy atom. The van der Waals surface area contributed by atoms with Crippen LogP contribution in [0, 0.1) is 0 Å². The van der Waals surface area contributed by atoms with Crippen LogP contribution in [0.15, 0.2) is 36.5 Å². The number of rotatable bonds is 13. The van der Waals surface area contributed by atoms with Gasteiger partial charge in [-0.1, -0.05) is 64.5 Å². The molecular formula is C24H32N2O4. The Hall–Kier alpha value is -2.47. The summed E-state index contributed by atoms with van der Waals surface area (Å²) in [4.78, 5) is 21.2.